The van der Waals surface area contributed by atoms with Crippen LogP contribution in [0.15, 0.2) is 11.1 Å². The quantitative estimate of drug-likeness (QED) is 0.528. The maximum Gasteiger partial charge on any atom is -0.00878 e. The zero-order chi connectivity index (χ0) is 8.65. The van der Waals surface area contributed by atoms with E-state index in [0.717, 1.165) is 5.92 Å². The van der Waals surface area contributed by atoms with Crippen LogP contribution in [0.1, 0.15) is 47.5 Å². The summed E-state index contributed by atoms with van der Waals surface area (Å²) in [6.45, 7) is 11.6. The van der Waals surface area contributed by atoms with Crippen molar-refractivity contribution in [2.24, 2.45) is 11.3 Å². The standard InChI is InChI=1S/C11H20/c1-6-8(2)10(4)11(5)7-9(11)3/h9H,6-7H2,1-5H3. The van der Waals surface area contributed by atoms with Crippen LogP contribution in [0.25, 0.3) is 0 Å². The lowest BCUT2D eigenvalue weighted by atomic mass is 9.92. The topological polar surface area (TPSA) is 0 Å². The van der Waals surface area contributed by atoms with Gasteiger partial charge >= 0.3 is 0 Å². The molecule has 0 saturated heterocycles. The first kappa shape index (κ1) is 8.83. The molecular formula is C11H20. The molecule has 0 N–H and O–H groups in total. The van der Waals surface area contributed by atoms with Crippen molar-refractivity contribution >= 4 is 0 Å². The molecule has 1 rings (SSSR count). The Morgan fingerprint density at radius 2 is 1.91 bits per heavy atom. The molecule has 2 atom stereocenters. The van der Waals surface area contributed by atoms with Crippen LogP contribution in [0.4, 0.5) is 0 Å². The fourth-order valence-electron chi connectivity index (χ4n) is 1.85. The summed E-state index contributed by atoms with van der Waals surface area (Å²) in [5, 5.41) is 0. The summed E-state index contributed by atoms with van der Waals surface area (Å²) in [6.07, 6.45) is 2.62. The summed E-state index contributed by atoms with van der Waals surface area (Å²) >= 11 is 0. The van der Waals surface area contributed by atoms with Gasteiger partial charge in [-0.2, -0.15) is 0 Å². The van der Waals surface area contributed by atoms with E-state index in [9.17, 15) is 0 Å². The molecule has 64 valence electrons. The molecule has 11 heavy (non-hydrogen) atoms. The lowest BCUT2D eigenvalue weighted by Gasteiger charge is -2.14. The second-order valence-corrected chi connectivity index (χ2v) is 4.28. The van der Waals surface area contributed by atoms with Gasteiger partial charge in [-0.3, -0.25) is 0 Å². The van der Waals surface area contributed by atoms with Crippen LogP contribution in [-0.2, 0) is 0 Å². The van der Waals surface area contributed by atoms with Crippen molar-refractivity contribution in [3.8, 4) is 0 Å². The molecule has 1 fully saturated rings. The van der Waals surface area contributed by atoms with E-state index in [4.69, 9.17) is 0 Å². The van der Waals surface area contributed by atoms with Gasteiger partial charge in [0.2, 0.25) is 0 Å². The van der Waals surface area contributed by atoms with E-state index in [2.05, 4.69) is 34.6 Å². The molecule has 0 nitrogen and oxygen atoms in total. The fraction of sp³-hybridized carbons (Fsp3) is 0.818. The number of hydrogen-bond acceptors (Lipinski definition) is 0. The van der Waals surface area contributed by atoms with Gasteiger partial charge in [-0.15, -0.1) is 0 Å². The first-order valence-electron chi connectivity index (χ1n) is 4.69. The molecule has 2 unspecified atom stereocenters. The van der Waals surface area contributed by atoms with Crippen LogP contribution in [0.5, 0.6) is 0 Å². The monoisotopic (exact) mass is 152 g/mol. The average molecular weight is 152 g/mol. The van der Waals surface area contributed by atoms with Gasteiger partial charge in [-0.25, -0.2) is 0 Å². The smallest absolute Gasteiger partial charge is 0.00878 e. The second-order valence-electron chi connectivity index (χ2n) is 4.28. The molecule has 0 aliphatic heterocycles. The van der Waals surface area contributed by atoms with Crippen molar-refractivity contribution in [1.82, 2.24) is 0 Å². The molecule has 1 aliphatic carbocycles. The summed E-state index contributed by atoms with van der Waals surface area (Å²) in [6, 6.07) is 0. The van der Waals surface area contributed by atoms with Crippen LogP contribution in [0.3, 0.4) is 0 Å². The highest BCUT2D eigenvalue weighted by Gasteiger charge is 2.47. The Morgan fingerprint density at radius 1 is 1.45 bits per heavy atom. The van der Waals surface area contributed by atoms with Crippen molar-refractivity contribution in [1.29, 1.82) is 0 Å². The van der Waals surface area contributed by atoms with E-state index in [1.807, 2.05) is 0 Å². The first-order valence-corrected chi connectivity index (χ1v) is 4.69. The van der Waals surface area contributed by atoms with Crippen LogP contribution in [-0.4, -0.2) is 0 Å². The molecule has 0 heteroatoms. The minimum absolute atomic E-state index is 0.570. The highest BCUT2D eigenvalue weighted by molar-refractivity contribution is 5.25. The maximum atomic E-state index is 2.40. The third kappa shape index (κ3) is 1.36. The van der Waals surface area contributed by atoms with Gasteiger partial charge in [-0.05, 0) is 38.0 Å². The number of hydrogen-bond donors (Lipinski definition) is 0. The minimum atomic E-state index is 0.570. The Morgan fingerprint density at radius 3 is 2.18 bits per heavy atom. The zero-order valence-electron chi connectivity index (χ0n) is 8.49. The number of allylic oxidation sites excluding steroid dienone is 2. The lowest BCUT2D eigenvalue weighted by molar-refractivity contribution is 0.608. The Labute approximate surface area is 70.7 Å². The van der Waals surface area contributed by atoms with E-state index < -0.39 is 0 Å². The normalized spacial score (nSPS) is 38.5. The fourth-order valence-corrected chi connectivity index (χ4v) is 1.85. The second kappa shape index (κ2) is 2.66. The maximum absolute atomic E-state index is 2.40. The first-order chi connectivity index (χ1) is 5.02. The Bertz CT molecular complexity index is 188. The molecule has 1 aliphatic rings. The Hall–Kier alpha value is -0.260. The predicted octanol–water partition coefficient (Wildman–Crippen LogP) is 3.78. The Balaban J connectivity index is 2.76. The van der Waals surface area contributed by atoms with E-state index in [0.29, 0.717) is 5.41 Å². The van der Waals surface area contributed by atoms with Crippen molar-refractivity contribution in [2.75, 3.05) is 0 Å². The third-order valence-electron chi connectivity index (χ3n) is 3.68. The predicted molar refractivity (Wildman–Crippen MR) is 50.6 cm³/mol. The summed E-state index contributed by atoms with van der Waals surface area (Å²) in [7, 11) is 0. The van der Waals surface area contributed by atoms with Crippen LogP contribution in [0, 0.1) is 11.3 Å². The van der Waals surface area contributed by atoms with E-state index in [1.54, 1.807) is 11.1 Å². The highest BCUT2D eigenvalue weighted by atomic mass is 14.5. The van der Waals surface area contributed by atoms with Gasteiger partial charge < -0.3 is 0 Å². The van der Waals surface area contributed by atoms with Crippen LogP contribution in [0.2, 0.25) is 0 Å². The molecule has 0 aromatic heterocycles. The van der Waals surface area contributed by atoms with Crippen LogP contribution < -0.4 is 0 Å². The average Bonchev–Trinajstić information content (AvgIpc) is 2.58. The third-order valence-corrected chi connectivity index (χ3v) is 3.68. The number of rotatable bonds is 2. The van der Waals surface area contributed by atoms with Crippen molar-refractivity contribution in [2.45, 2.75) is 47.5 Å². The molecule has 0 heterocycles. The molecule has 0 aromatic rings. The van der Waals surface area contributed by atoms with Gasteiger partial charge in [0.05, 0.1) is 0 Å². The van der Waals surface area contributed by atoms with Gasteiger partial charge in [0.15, 0.2) is 0 Å². The SMILES string of the molecule is CCC(C)=C(C)C1(C)CC1C. The Kier molecular flexibility index (Phi) is 2.13. The van der Waals surface area contributed by atoms with Crippen molar-refractivity contribution in [3.05, 3.63) is 11.1 Å². The zero-order valence-corrected chi connectivity index (χ0v) is 8.49. The molecular weight excluding hydrogens is 132 g/mol. The van der Waals surface area contributed by atoms with Gasteiger partial charge in [-0.1, -0.05) is 31.9 Å². The van der Waals surface area contributed by atoms with E-state index >= 15 is 0 Å². The molecule has 0 amide bonds. The van der Waals surface area contributed by atoms with Gasteiger partial charge in [0, 0.05) is 0 Å². The molecule has 0 spiro atoms. The van der Waals surface area contributed by atoms with Gasteiger partial charge in [0.1, 0.15) is 0 Å². The van der Waals surface area contributed by atoms with Crippen LogP contribution >= 0.6 is 0 Å². The van der Waals surface area contributed by atoms with Gasteiger partial charge in [0.25, 0.3) is 0 Å². The minimum Gasteiger partial charge on any atom is -0.0741 e. The van der Waals surface area contributed by atoms with Crippen molar-refractivity contribution in [3.63, 3.8) is 0 Å². The molecule has 0 bridgehead atoms. The molecule has 0 aromatic carbocycles. The highest BCUT2D eigenvalue weighted by Crippen LogP contribution is 2.57. The molecule has 0 radical (unpaired) electrons. The summed E-state index contributed by atoms with van der Waals surface area (Å²) in [5.74, 6) is 0.920. The summed E-state index contributed by atoms with van der Waals surface area (Å²) in [4.78, 5) is 0. The van der Waals surface area contributed by atoms with E-state index in [-0.39, 0.29) is 0 Å². The lowest BCUT2D eigenvalue weighted by Crippen LogP contribution is -2.00. The largest absolute Gasteiger partial charge is 0.0741 e. The summed E-state index contributed by atoms with van der Waals surface area (Å²) in [5.41, 5.74) is 3.81. The van der Waals surface area contributed by atoms with Crippen molar-refractivity contribution < 1.29 is 0 Å². The van der Waals surface area contributed by atoms with E-state index in [1.165, 1.54) is 12.8 Å². The summed E-state index contributed by atoms with van der Waals surface area (Å²) < 4.78 is 0. The molecule has 1 saturated carbocycles.